The van der Waals surface area contributed by atoms with Crippen molar-refractivity contribution in [1.82, 2.24) is 19.8 Å². The zero-order chi connectivity index (χ0) is 21.7. The van der Waals surface area contributed by atoms with Gasteiger partial charge in [-0.05, 0) is 25.8 Å². The first-order valence-corrected chi connectivity index (χ1v) is 10.6. The van der Waals surface area contributed by atoms with Crippen molar-refractivity contribution in [2.75, 3.05) is 19.6 Å². The van der Waals surface area contributed by atoms with Gasteiger partial charge in [-0.15, -0.1) is 0 Å². The molecule has 0 aliphatic carbocycles. The minimum absolute atomic E-state index is 0.0203. The predicted octanol–water partition coefficient (Wildman–Crippen LogP) is 2.36. The van der Waals surface area contributed by atoms with Crippen LogP contribution in [-0.2, 0) is 17.8 Å². The van der Waals surface area contributed by atoms with Crippen molar-refractivity contribution in [3.8, 4) is 0 Å². The summed E-state index contributed by atoms with van der Waals surface area (Å²) >= 11 is 0. The number of hydrogen-bond donors (Lipinski definition) is 1. The molecule has 0 spiro atoms. The maximum atomic E-state index is 13.1. The van der Waals surface area contributed by atoms with Gasteiger partial charge in [0.1, 0.15) is 11.4 Å². The lowest BCUT2D eigenvalue weighted by Gasteiger charge is -2.27. The normalized spacial score (nSPS) is 18.5. The Hall–Kier alpha value is -3.42. The molecule has 160 valence electrons. The van der Waals surface area contributed by atoms with Crippen LogP contribution in [0.15, 0.2) is 33.5 Å². The van der Waals surface area contributed by atoms with Crippen molar-refractivity contribution in [3.63, 3.8) is 0 Å². The number of carbonyl (C=O) groups excluding carboxylic acids is 2. The lowest BCUT2D eigenvalue weighted by molar-refractivity contribution is -0.129. The number of carbonyl (C=O) groups is 2. The second kappa shape index (κ2) is 7.37. The van der Waals surface area contributed by atoms with Crippen LogP contribution in [0.1, 0.15) is 52.5 Å². The lowest BCUT2D eigenvalue weighted by atomic mass is 10.0. The molecule has 0 bridgehead atoms. The van der Waals surface area contributed by atoms with Crippen LogP contribution < -0.4 is 5.56 Å². The standard InChI is InChI=1S/C23H24N4O4/c1-13-16-5-3-4-6-19(16)31-20(13)23(30)27-9-7-15(11-27)21-24-18-12-26(14(2)28)10-8-17(18)22(29)25-21/h3-6,15H,7-12H2,1-2H3,(H,24,25,29)/t15-/m0/s1. The van der Waals surface area contributed by atoms with Gasteiger partial charge in [-0.25, -0.2) is 4.98 Å². The largest absolute Gasteiger partial charge is 0.451 e. The van der Waals surface area contributed by atoms with Crippen LogP contribution in [0.4, 0.5) is 0 Å². The van der Waals surface area contributed by atoms with Gasteiger partial charge in [-0.1, -0.05) is 18.2 Å². The molecule has 2 aliphatic heterocycles. The molecular weight excluding hydrogens is 396 g/mol. The number of likely N-dealkylation sites (tertiary alicyclic amines) is 1. The van der Waals surface area contributed by atoms with Gasteiger partial charge in [-0.2, -0.15) is 0 Å². The van der Waals surface area contributed by atoms with Gasteiger partial charge in [-0.3, -0.25) is 14.4 Å². The molecule has 4 heterocycles. The number of amides is 2. The highest BCUT2D eigenvalue weighted by atomic mass is 16.3. The Morgan fingerprint density at radius 3 is 2.77 bits per heavy atom. The van der Waals surface area contributed by atoms with Gasteiger partial charge in [0.15, 0.2) is 5.76 Å². The summed E-state index contributed by atoms with van der Waals surface area (Å²) in [5.41, 5.74) is 2.73. The number of para-hydroxylation sites is 1. The molecule has 8 heteroatoms. The Balaban J connectivity index is 1.38. The molecule has 1 aromatic carbocycles. The highest BCUT2D eigenvalue weighted by molar-refractivity contribution is 5.99. The van der Waals surface area contributed by atoms with E-state index < -0.39 is 0 Å². The number of benzene rings is 1. The third-order valence-corrected chi connectivity index (χ3v) is 6.44. The summed E-state index contributed by atoms with van der Waals surface area (Å²) in [5.74, 6) is 0.739. The van der Waals surface area contributed by atoms with Gasteiger partial charge < -0.3 is 19.2 Å². The fraction of sp³-hybridized carbons (Fsp3) is 0.391. The summed E-state index contributed by atoms with van der Waals surface area (Å²) in [6, 6.07) is 7.62. The minimum Gasteiger partial charge on any atom is -0.451 e. The lowest BCUT2D eigenvalue weighted by Crippen LogP contribution is -2.38. The van der Waals surface area contributed by atoms with Crippen LogP contribution >= 0.6 is 0 Å². The van der Waals surface area contributed by atoms with Gasteiger partial charge in [0, 0.05) is 49.0 Å². The molecule has 0 radical (unpaired) electrons. The first kappa shape index (κ1) is 19.5. The first-order valence-electron chi connectivity index (χ1n) is 10.6. The van der Waals surface area contributed by atoms with Crippen LogP contribution in [0.5, 0.6) is 0 Å². The Morgan fingerprint density at radius 1 is 1.19 bits per heavy atom. The molecule has 0 saturated carbocycles. The molecule has 31 heavy (non-hydrogen) atoms. The van der Waals surface area contributed by atoms with Crippen LogP contribution in [0.3, 0.4) is 0 Å². The second-order valence-electron chi connectivity index (χ2n) is 8.36. The van der Waals surface area contributed by atoms with Crippen LogP contribution in [0.2, 0.25) is 0 Å². The van der Waals surface area contributed by atoms with E-state index in [1.165, 1.54) is 6.92 Å². The Kier molecular flexibility index (Phi) is 4.64. The topological polar surface area (TPSA) is 99.5 Å². The zero-order valence-corrected chi connectivity index (χ0v) is 17.6. The van der Waals surface area contributed by atoms with Crippen molar-refractivity contribution in [1.29, 1.82) is 0 Å². The summed E-state index contributed by atoms with van der Waals surface area (Å²) in [7, 11) is 0. The maximum absolute atomic E-state index is 13.1. The number of nitrogens with zero attached hydrogens (tertiary/aromatic N) is 3. The van der Waals surface area contributed by atoms with Crippen molar-refractivity contribution in [2.24, 2.45) is 0 Å². The Labute approximate surface area is 178 Å². The maximum Gasteiger partial charge on any atom is 0.289 e. The molecule has 1 saturated heterocycles. The van der Waals surface area contributed by atoms with Crippen molar-refractivity contribution < 1.29 is 14.0 Å². The molecule has 2 amide bonds. The summed E-state index contributed by atoms with van der Waals surface area (Å²) in [6.07, 6.45) is 1.22. The molecule has 1 N–H and O–H groups in total. The van der Waals surface area contributed by atoms with E-state index in [0.717, 1.165) is 10.9 Å². The number of nitrogens with one attached hydrogen (secondary N) is 1. The number of rotatable bonds is 2. The number of aromatic amines is 1. The van der Waals surface area contributed by atoms with Gasteiger partial charge in [0.2, 0.25) is 5.91 Å². The number of aromatic nitrogens is 2. The third-order valence-electron chi connectivity index (χ3n) is 6.44. The zero-order valence-electron chi connectivity index (χ0n) is 17.6. The van der Waals surface area contributed by atoms with Gasteiger partial charge in [0.25, 0.3) is 11.5 Å². The molecule has 2 aliphatic rings. The average Bonchev–Trinajstić information content (AvgIpc) is 3.38. The van der Waals surface area contributed by atoms with E-state index in [1.807, 2.05) is 31.2 Å². The Bertz CT molecular complexity index is 1260. The van der Waals surface area contributed by atoms with Crippen molar-refractivity contribution >= 4 is 22.8 Å². The number of furan rings is 1. The molecule has 2 aromatic heterocycles. The quantitative estimate of drug-likeness (QED) is 0.686. The Morgan fingerprint density at radius 2 is 2.00 bits per heavy atom. The summed E-state index contributed by atoms with van der Waals surface area (Å²) in [4.78, 5) is 48.6. The molecule has 8 nitrogen and oxygen atoms in total. The SMILES string of the molecule is CC(=O)N1CCc2c(nc([C@H]3CCN(C(=O)c4oc5ccccc5c4C)C3)[nH]c2=O)C1. The van der Waals surface area contributed by atoms with Crippen molar-refractivity contribution in [3.05, 3.63) is 63.0 Å². The molecular formula is C23H24N4O4. The van der Waals surface area contributed by atoms with E-state index in [-0.39, 0.29) is 23.3 Å². The fourth-order valence-electron chi connectivity index (χ4n) is 4.61. The van der Waals surface area contributed by atoms with E-state index >= 15 is 0 Å². The predicted molar refractivity (Wildman–Crippen MR) is 114 cm³/mol. The van der Waals surface area contributed by atoms with Crippen LogP contribution in [-0.4, -0.2) is 51.2 Å². The smallest absolute Gasteiger partial charge is 0.289 e. The van der Waals surface area contributed by atoms with E-state index in [4.69, 9.17) is 9.40 Å². The van der Waals surface area contributed by atoms with E-state index in [1.54, 1.807) is 9.80 Å². The van der Waals surface area contributed by atoms with Crippen LogP contribution in [0, 0.1) is 6.92 Å². The fourth-order valence-corrected chi connectivity index (χ4v) is 4.61. The summed E-state index contributed by atoms with van der Waals surface area (Å²) in [5, 5.41) is 0.942. The van der Waals surface area contributed by atoms with Gasteiger partial charge in [0.05, 0.1) is 12.2 Å². The molecule has 1 fully saturated rings. The first-order chi connectivity index (χ1) is 14.9. The van der Waals surface area contributed by atoms with E-state index in [2.05, 4.69) is 4.98 Å². The van der Waals surface area contributed by atoms with E-state index in [0.29, 0.717) is 67.4 Å². The minimum atomic E-state index is -0.140. The number of aryl methyl sites for hydroxylation is 1. The highest BCUT2D eigenvalue weighted by Gasteiger charge is 2.33. The summed E-state index contributed by atoms with van der Waals surface area (Å²) in [6.45, 7) is 5.35. The molecule has 5 rings (SSSR count). The number of fused-ring (bicyclic) bond motifs is 2. The second-order valence-corrected chi connectivity index (χ2v) is 8.36. The van der Waals surface area contributed by atoms with Crippen LogP contribution in [0.25, 0.3) is 11.0 Å². The number of H-pyrrole nitrogens is 1. The number of hydrogen-bond acceptors (Lipinski definition) is 5. The average molecular weight is 420 g/mol. The molecule has 3 aromatic rings. The monoisotopic (exact) mass is 420 g/mol. The third kappa shape index (κ3) is 3.32. The highest BCUT2D eigenvalue weighted by Crippen LogP contribution is 2.30. The van der Waals surface area contributed by atoms with E-state index in [9.17, 15) is 14.4 Å². The molecule has 1 atom stereocenters. The molecule has 0 unspecified atom stereocenters. The summed E-state index contributed by atoms with van der Waals surface area (Å²) < 4.78 is 5.84. The van der Waals surface area contributed by atoms with Gasteiger partial charge >= 0.3 is 0 Å². The van der Waals surface area contributed by atoms with Crippen molar-refractivity contribution in [2.45, 2.75) is 39.2 Å².